The summed E-state index contributed by atoms with van der Waals surface area (Å²) in [7, 11) is 0.0345. The van der Waals surface area contributed by atoms with E-state index in [-0.39, 0.29) is 17.1 Å². The number of aromatic nitrogens is 2. The number of halogens is 1. The van der Waals surface area contributed by atoms with Crippen molar-refractivity contribution in [3.63, 3.8) is 0 Å². The first kappa shape index (κ1) is 15.8. The Balaban J connectivity index is 2.23. The van der Waals surface area contributed by atoms with E-state index in [0.29, 0.717) is 5.13 Å². The summed E-state index contributed by atoms with van der Waals surface area (Å²) in [4.78, 5) is 5.91. The molecule has 0 saturated carbocycles. The zero-order chi connectivity index (χ0) is 15.6. The van der Waals surface area contributed by atoms with Gasteiger partial charge in [-0.1, -0.05) is 18.2 Å². The number of anilines is 1. The second-order valence-corrected chi connectivity index (χ2v) is 7.91. The van der Waals surface area contributed by atoms with E-state index in [9.17, 15) is 12.8 Å². The zero-order valence-corrected chi connectivity index (χ0v) is 13.6. The molecule has 0 spiro atoms. The fourth-order valence-corrected chi connectivity index (χ4v) is 3.79. The third-order valence-corrected chi connectivity index (χ3v) is 5.97. The van der Waals surface area contributed by atoms with Gasteiger partial charge in [0.2, 0.25) is 5.13 Å². The average molecular weight is 329 g/mol. The number of hydrogen-bond donors (Lipinski definition) is 0. The standard InChI is InChI=1S/C13H16FN3O2S2/c1-9(10-6-4-5-7-11(10)14)21(18,19)8-12-15-13(17(2)3)20-16-12/h4-7,9H,8H2,1-3H3/t9-/m1/s1. The van der Waals surface area contributed by atoms with Gasteiger partial charge in [-0.2, -0.15) is 4.37 Å². The SMILES string of the molecule is C[C@H](c1ccccc1F)S(=O)(=O)Cc1nsc(N(C)C)n1. The lowest BCUT2D eigenvalue weighted by molar-refractivity contribution is 0.572. The van der Waals surface area contributed by atoms with Gasteiger partial charge in [-0.3, -0.25) is 0 Å². The van der Waals surface area contributed by atoms with Gasteiger partial charge in [-0.05, 0) is 13.0 Å². The molecule has 0 bridgehead atoms. The molecule has 0 aliphatic heterocycles. The van der Waals surface area contributed by atoms with Crippen LogP contribution in [0.1, 0.15) is 23.6 Å². The molecule has 2 rings (SSSR count). The van der Waals surface area contributed by atoms with Gasteiger partial charge < -0.3 is 4.90 Å². The first-order valence-corrected chi connectivity index (χ1v) is 8.76. The van der Waals surface area contributed by atoms with E-state index in [1.807, 2.05) is 0 Å². The topological polar surface area (TPSA) is 63.2 Å². The van der Waals surface area contributed by atoms with E-state index in [4.69, 9.17) is 0 Å². The quantitative estimate of drug-likeness (QED) is 0.843. The maximum Gasteiger partial charge on any atom is 0.204 e. The molecular weight excluding hydrogens is 313 g/mol. The van der Waals surface area contributed by atoms with E-state index in [1.54, 1.807) is 25.1 Å². The van der Waals surface area contributed by atoms with E-state index in [0.717, 1.165) is 11.5 Å². The zero-order valence-electron chi connectivity index (χ0n) is 11.9. The normalized spacial score (nSPS) is 13.1. The Morgan fingerprint density at radius 2 is 2.00 bits per heavy atom. The Bertz CT molecular complexity index is 729. The molecule has 0 fully saturated rings. The largest absolute Gasteiger partial charge is 0.353 e. The van der Waals surface area contributed by atoms with Crippen LogP contribution in [0.2, 0.25) is 0 Å². The fourth-order valence-electron chi connectivity index (χ4n) is 1.79. The molecule has 0 unspecified atom stereocenters. The Morgan fingerprint density at radius 3 is 2.57 bits per heavy atom. The van der Waals surface area contributed by atoms with E-state index < -0.39 is 20.9 Å². The van der Waals surface area contributed by atoms with Crippen LogP contribution >= 0.6 is 11.5 Å². The van der Waals surface area contributed by atoms with Crippen molar-refractivity contribution in [3.05, 3.63) is 41.5 Å². The number of nitrogens with zero attached hydrogens (tertiary/aromatic N) is 3. The minimum absolute atomic E-state index is 0.167. The molecule has 0 amide bonds. The lowest BCUT2D eigenvalue weighted by Crippen LogP contribution is -2.15. The summed E-state index contributed by atoms with van der Waals surface area (Å²) in [5.41, 5.74) is 0.167. The third kappa shape index (κ3) is 3.56. The van der Waals surface area contributed by atoms with Crippen LogP contribution in [0, 0.1) is 5.82 Å². The Kier molecular flexibility index (Phi) is 4.58. The molecule has 1 aromatic heterocycles. The van der Waals surface area contributed by atoms with Crippen LogP contribution in [0.4, 0.5) is 9.52 Å². The molecule has 0 aliphatic carbocycles. The van der Waals surface area contributed by atoms with Gasteiger partial charge in [0.1, 0.15) is 11.6 Å². The van der Waals surface area contributed by atoms with Gasteiger partial charge in [0.25, 0.3) is 0 Å². The Hall–Kier alpha value is -1.54. The Labute approximate surface area is 127 Å². The smallest absolute Gasteiger partial charge is 0.204 e. The predicted octanol–water partition coefficient (Wildman–Crippen LogP) is 2.42. The number of hydrogen-bond acceptors (Lipinski definition) is 6. The van der Waals surface area contributed by atoms with Crippen LogP contribution in [-0.2, 0) is 15.6 Å². The van der Waals surface area contributed by atoms with Crippen molar-refractivity contribution in [1.82, 2.24) is 9.36 Å². The molecule has 0 radical (unpaired) electrons. The van der Waals surface area contributed by atoms with Gasteiger partial charge in [0.05, 0.1) is 5.25 Å². The van der Waals surface area contributed by atoms with Gasteiger partial charge in [-0.15, -0.1) is 0 Å². The van der Waals surface area contributed by atoms with Crippen LogP contribution < -0.4 is 4.90 Å². The van der Waals surface area contributed by atoms with Gasteiger partial charge in [0, 0.05) is 31.2 Å². The molecule has 5 nitrogen and oxygen atoms in total. The van der Waals surface area contributed by atoms with Crippen LogP contribution in [-0.4, -0.2) is 31.9 Å². The summed E-state index contributed by atoms with van der Waals surface area (Å²) < 4.78 is 42.5. The fraction of sp³-hybridized carbons (Fsp3) is 0.385. The van der Waals surface area contributed by atoms with E-state index >= 15 is 0 Å². The van der Waals surface area contributed by atoms with Crippen LogP contribution in [0.3, 0.4) is 0 Å². The maximum absolute atomic E-state index is 13.7. The molecule has 0 N–H and O–H groups in total. The second kappa shape index (κ2) is 6.07. The minimum atomic E-state index is -3.58. The molecule has 2 aromatic rings. The summed E-state index contributed by atoms with van der Waals surface area (Å²) in [6.07, 6.45) is 0. The predicted molar refractivity (Wildman–Crippen MR) is 81.7 cm³/mol. The monoisotopic (exact) mass is 329 g/mol. The lowest BCUT2D eigenvalue weighted by Gasteiger charge is -2.13. The summed E-state index contributed by atoms with van der Waals surface area (Å²) in [6.45, 7) is 1.48. The van der Waals surface area contributed by atoms with Crippen molar-refractivity contribution in [3.8, 4) is 0 Å². The van der Waals surface area contributed by atoms with Crippen molar-refractivity contribution in [1.29, 1.82) is 0 Å². The highest BCUT2D eigenvalue weighted by Crippen LogP contribution is 2.27. The first-order valence-electron chi connectivity index (χ1n) is 6.27. The molecule has 114 valence electrons. The first-order chi connectivity index (χ1) is 9.81. The molecule has 0 saturated heterocycles. The Morgan fingerprint density at radius 1 is 1.33 bits per heavy atom. The molecule has 1 atom stereocenters. The van der Waals surface area contributed by atoms with Crippen molar-refractivity contribution in [2.75, 3.05) is 19.0 Å². The average Bonchev–Trinajstić information content (AvgIpc) is 2.86. The summed E-state index contributed by atoms with van der Waals surface area (Å²) in [5.74, 6) is -0.576. The van der Waals surface area contributed by atoms with Crippen molar-refractivity contribution in [2.45, 2.75) is 17.9 Å². The van der Waals surface area contributed by atoms with Crippen LogP contribution in [0.5, 0.6) is 0 Å². The molecule has 1 aromatic carbocycles. The molecule has 1 heterocycles. The second-order valence-electron chi connectivity index (χ2n) is 4.86. The van der Waals surface area contributed by atoms with Crippen molar-refractivity contribution >= 4 is 26.5 Å². The minimum Gasteiger partial charge on any atom is -0.353 e. The summed E-state index contributed by atoms with van der Waals surface area (Å²) >= 11 is 1.14. The maximum atomic E-state index is 13.7. The highest BCUT2D eigenvalue weighted by Gasteiger charge is 2.27. The third-order valence-electron chi connectivity index (χ3n) is 3.05. The van der Waals surface area contributed by atoms with Gasteiger partial charge in [0.15, 0.2) is 15.7 Å². The molecule has 21 heavy (non-hydrogen) atoms. The molecule has 0 aliphatic rings. The highest BCUT2D eigenvalue weighted by molar-refractivity contribution is 7.90. The van der Waals surface area contributed by atoms with Crippen molar-refractivity contribution < 1.29 is 12.8 Å². The summed E-state index contributed by atoms with van der Waals surface area (Å²) in [5, 5.41) is -0.302. The number of sulfone groups is 1. The van der Waals surface area contributed by atoms with E-state index in [2.05, 4.69) is 9.36 Å². The summed E-state index contributed by atoms with van der Waals surface area (Å²) in [6, 6.07) is 5.89. The van der Waals surface area contributed by atoms with E-state index in [1.165, 1.54) is 25.1 Å². The highest BCUT2D eigenvalue weighted by atomic mass is 32.2. The van der Waals surface area contributed by atoms with Crippen LogP contribution in [0.25, 0.3) is 0 Å². The van der Waals surface area contributed by atoms with Gasteiger partial charge in [-0.25, -0.2) is 17.8 Å². The van der Waals surface area contributed by atoms with Gasteiger partial charge >= 0.3 is 0 Å². The number of benzene rings is 1. The molecule has 8 heteroatoms. The van der Waals surface area contributed by atoms with Crippen molar-refractivity contribution in [2.24, 2.45) is 0 Å². The van der Waals surface area contributed by atoms with Crippen LogP contribution in [0.15, 0.2) is 24.3 Å². The lowest BCUT2D eigenvalue weighted by atomic mass is 10.1. The molecular formula is C13H16FN3O2S2. The number of rotatable bonds is 5.